The van der Waals surface area contributed by atoms with E-state index in [-0.39, 0.29) is 0 Å². The number of sulfone groups is 1. The second-order valence-electron chi connectivity index (χ2n) is 3.65. The van der Waals surface area contributed by atoms with Gasteiger partial charge in [0.1, 0.15) is 0 Å². The van der Waals surface area contributed by atoms with E-state index in [0.717, 1.165) is 0 Å². The van der Waals surface area contributed by atoms with Crippen molar-refractivity contribution in [3.63, 3.8) is 0 Å². The molecule has 0 atom stereocenters. The van der Waals surface area contributed by atoms with Crippen LogP contribution in [-0.2, 0) is 19.9 Å². The molecule has 0 aliphatic carbocycles. The van der Waals surface area contributed by atoms with Gasteiger partial charge in [0.25, 0.3) is 5.69 Å². The van der Waals surface area contributed by atoms with Crippen LogP contribution in [0.15, 0.2) is 17.0 Å². The maximum atomic E-state index is 13.5. The van der Waals surface area contributed by atoms with Crippen molar-refractivity contribution < 1.29 is 30.5 Å². The van der Waals surface area contributed by atoms with Crippen molar-refractivity contribution in [1.29, 1.82) is 0 Å². The number of primary sulfonamides is 1. The van der Waals surface area contributed by atoms with Gasteiger partial charge in [-0.3, -0.25) is 10.1 Å². The maximum Gasteiger partial charge on any atom is 0.291 e. The molecule has 0 aliphatic heterocycles. The number of nitro groups is 1. The van der Waals surface area contributed by atoms with Crippen LogP contribution in [0, 0.1) is 21.7 Å². The van der Waals surface area contributed by atoms with Gasteiger partial charge in [-0.1, -0.05) is 0 Å². The minimum Gasteiger partial charge on any atom is -0.258 e. The summed E-state index contributed by atoms with van der Waals surface area (Å²) >= 11 is 0. The number of halogens is 2. The lowest BCUT2D eigenvalue weighted by Crippen LogP contribution is -2.24. The summed E-state index contributed by atoms with van der Waals surface area (Å²) in [5.41, 5.74) is -1.18. The fourth-order valence-electron chi connectivity index (χ4n) is 1.29. The second kappa shape index (κ2) is 5.38. The quantitative estimate of drug-likeness (QED) is 0.593. The highest BCUT2D eigenvalue weighted by atomic mass is 32.2. The molecule has 0 fully saturated rings. The molecule has 1 rings (SSSR count). The second-order valence-corrected chi connectivity index (χ2v) is 7.43. The highest BCUT2D eigenvalue weighted by molar-refractivity contribution is 7.94. The molecule has 1 aromatic carbocycles. The summed E-state index contributed by atoms with van der Waals surface area (Å²) in [4.78, 5) is 7.93. The fraction of sp³-hybridized carbons (Fsp3) is 0.250. The Kier molecular flexibility index (Phi) is 4.41. The molecule has 20 heavy (non-hydrogen) atoms. The Morgan fingerprint density at radius 1 is 1.15 bits per heavy atom. The Morgan fingerprint density at radius 2 is 1.70 bits per heavy atom. The Balaban J connectivity index is 3.44. The van der Waals surface area contributed by atoms with Crippen LogP contribution in [0.5, 0.6) is 0 Å². The molecule has 0 amide bonds. The first-order valence-corrected chi connectivity index (χ1v) is 8.18. The van der Waals surface area contributed by atoms with E-state index in [1.165, 1.54) is 0 Å². The number of sulfonamides is 1. The number of nitrogens with zero attached hydrogens (tertiary/aromatic N) is 1. The van der Waals surface area contributed by atoms with E-state index < -0.39 is 58.5 Å². The molecule has 0 aliphatic rings. The first-order valence-electron chi connectivity index (χ1n) is 4.81. The Hall–Kier alpha value is -1.66. The third kappa shape index (κ3) is 3.68. The lowest BCUT2D eigenvalue weighted by molar-refractivity contribution is -0.388. The monoisotopic (exact) mass is 330 g/mol. The molecule has 0 aromatic heterocycles. The summed E-state index contributed by atoms with van der Waals surface area (Å²) in [6.07, 6.45) is 0. The SMILES string of the molecule is NS(=O)(=O)CCS(=O)(=O)c1c([N+](=O)[O-])ccc(F)c1F. The molecule has 0 spiro atoms. The molecule has 112 valence electrons. The van der Waals surface area contributed by atoms with Crippen LogP contribution in [-0.4, -0.2) is 33.3 Å². The molecule has 12 heteroatoms. The van der Waals surface area contributed by atoms with E-state index in [4.69, 9.17) is 0 Å². The predicted octanol–water partition coefficient (Wildman–Crippen LogP) is -0.0648. The summed E-state index contributed by atoms with van der Waals surface area (Å²) in [6.45, 7) is 0. The number of nitro benzene ring substituents is 1. The van der Waals surface area contributed by atoms with Gasteiger partial charge in [0.2, 0.25) is 10.0 Å². The topological polar surface area (TPSA) is 137 Å². The molecule has 0 radical (unpaired) electrons. The van der Waals surface area contributed by atoms with Crippen molar-refractivity contribution in [2.45, 2.75) is 4.90 Å². The van der Waals surface area contributed by atoms with Crippen LogP contribution in [0.1, 0.15) is 0 Å². The third-order valence-corrected chi connectivity index (χ3v) is 4.96. The zero-order chi connectivity index (χ0) is 15.7. The van der Waals surface area contributed by atoms with Crippen LogP contribution in [0.3, 0.4) is 0 Å². The first kappa shape index (κ1) is 16.4. The maximum absolute atomic E-state index is 13.5. The van der Waals surface area contributed by atoms with E-state index in [1.807, 2.05) is 0 Å². The molecular formula is C8H8F2N2O6S2. The molecular weight excluding hydrogens is 322 g/mol. The Bertz CT molecular complexity index is 759. The third-order valence-electron chi connectivity index (χ3n) is 2.17. The van der Waals surface area contributed by atoms with Gasteiger partial charge < -0.3 is 0 Å². The molecule has 0 saturated heterocycles. The normalized spacial score (nSPS) is 12.3. The largest absolute Gasteiger partial charge is 0.291 e. The van der Waals surface area contributed by atoms with Crippen molar-refractivity contribution >= 4 is 25.5 Å². The summed E-state index contributed by atoms with van der Waals surface area (Å²) in [5.74, 6) is -5.83. The Labute approximate surface area is 112 Å². The Morgan fingerprint density at radius 3 is 2.15 bits per heavy atom. The van der Waals surface area contributed by atoms with Crippen LogP contribution >= 0.6 is 0 Å². The summed E-state index contributed by atoms with van der Waals surface area (Å²) in [5, 5.41) is 15.2. The van der Waals surface area contributed by atoms with E-state index in [2.05, 4.69) is 5.14 Å². The fourth-order valence-corrected chi connectivity index (χ4v) is 4.13. The minimum absolute atomic E-state index is 0.395. The van der Waals surface area contributed by atoms with Gasteiger partial charge in [-0.15, -0.1) is 0 Å². The number of nitrogens with two attached hydrogens (primary N) is 1. The van der Waals surface area contributed by atoms with Gasteiger partial charge in [0, 0.05) is 6.07 Å². The predicted molar refractivity (Wildman–Crippen MR) is 63.0 cm³/mol. The van der Waals surface area contributed by atoms with Crippen molar-refractivity contribution in [2.24, 2.45) is 5.14 Å². The van der Waals surface area contributed by atoms with Gasteiger partial charge in [-0.2, -0.15) is 0 Å². The molecule has 0 saturated carbocycles. The lowest BCUT2D eigenvalue weighted by atomic mass is 10.3. The lowest BCUT2D eigenvalue weighted by Gasteiger charge is -2.06. The van der Waals surface area contributed by atoms with Crippen molar-refractivity contribution in [2.75, 3.05) is 11.5 Å². The van der Waals surface area contributed by atoms with Crippen LogP contribution in [0.25, 0.3) is 0 Å². The van der Waals surface area contributed by atoms with E-state index >= 15 is 0 Å². The van der Waals surface area contributed by atoms with Gasteiger partial charge in [0.05, 0.1) is 16.4 Å². The van der Waals surface area contributed by atoms with Crippen molar-refractivity contribution in [3.05, 3.63) is 33.9 Å². The highest BCUT2D eigenvalue weighted by Gasteiger charge is 2.32. The number of benzene rings is 1. The molecule has 0 unspecified atom stereocenters. The number of hydrogen-bond acceptors (Lipinski definition) is 6. The minimum atomic E-state index is -4.74. The van der Waals surface area contributed by atoms with E-state index in [0.29, 0.717) is 12.1 Å². The zero-order valence-electron chi connectivity index (χ0n) is 9.62. The van der Waals surface area contributed by atoms with Crippen LogP contribution in [0.2, 0.25) is 0 Å². The number of rotatable bonds is 5. The summed E-state index contributed by atoms with van der Waals surface area (Å²) < 4.78 is 71.4. The molecule has 0 heterocycles. The van der Waals surface area contributed by atoms with E-state index in [9.17, 15) is 35.7 Å². The van der Waals surface area contributed by atoms with Gasteiger partial charge >= 0.3 is 0 Å². The average Bonchev–Trinajstić information content (AvgIpc) is 2.28. The standard InChI is InChI=1S/C8H8F2N2O6S2/c9-5-1-2-6(12(13)14)8(7(5)10)19(15,16)3-4-20(11,17)18/h1-2H,3-4H2,(H2,11,17,18). The summed E-state index contributed by atoms with van der Waals surface area (Å²) in [7, 11) is -8.92. The molecule has 0 bridgehead atoms. The molecule has 2 N–H and O–H groups in total. The molecule has 8 nitrogen and oxygen atoms in total. The highest BCUT2D eigenvalue weighted by Crippen LogP contribution is 2.29. The van der Waals surface area contributed by atoms with Gasteiger partial charge in [-0.25, -0.2) is 30.8 Å². The van der Waals surface area contributed by atoms with E-state index in [1.54, 1.807) is 0 Å². The van der Waals surface area contributed by atoms with Crippen LogP contribution < -0.4 is 5.14 Å². The number of hydrogen-bond donors (Lipinski definition) is 1. The summed E-state index contributed by atoms with van der Waals surface area (Å²) in [6, 6.07) is 0.869. The smallest absolute Gasteiger partial charge is 0.258 e. The van der Waals surface area contributed by atoms with Crippen LogP contribution in [0.4, 0.5) is 14.5 Å². The zero-order valence-corrected chi connectivity index (χ0v) is 11.2. The van der Waals surface area contributed by atoms with Crippen molar-refractivity contribution in [3.8, 4) is 0 Å². The average molecular weight is 330 g/mol. The van der Waals surface area contributed by atoms with Crippen molar-refractivity contribution in [1.82, 2.24) is 0 Å². The van der Waals surface area contributed by atoms with Gasteiger partial charge in [0.15, 0.2) is 26.4 Å². The van der Waals surface area contributed by atoms with Gasteiger partial charge in [-0.05, 0) is 6.07 Å². The first-order chi connectivity index (χ1) is 8.96. The molecule has 1 aromatic rings.